The number of ether oxygens (including phenoxy) is 2. The summed E-state index contributed by atoms with van der Waals surface area (Å²) < 4.78 is 11.5. The van der Waals surface area contributed by atoms with Gasteiger partial charge in [0.2, 0.25) is 0 Å². The van der Waals surface area contributed by atoms with Crippen molar-refractivity contribution in [2.75, 3.05) is 53.1 Å². The zero-order valence-corrected chi connectivity index (χ0v) is 19.0. The standard InChI is InChI=1S/C24H44N2O2/c1-20-6-15-26(23(20)9-16-27-17-10-23)13-5-8-22(2,3)21-7-14-25(4)24(21)11-18-28-19-12-24/h20-21H,5-19H2,1-4H3/t20-,21?/m0/s1. The van der Waals surface area contributed by atoms with E-state index in [4.69, 9.17) is 9.47 Å². The minimum Gasteiger partial charge on any atom is -0.381 e. The summed E-state index contributed by atoms with van der Waals surface area (Å²) in [6.45, 7) is 15.3. The maximum absolute atomic E-state index is 5.74. The molecule has 0 N–H and O–H groups in total. The predicted molar refractivity (Wildman–Crippen MR) is 115 cm³/mol. The maximum Gasteiger partial charge on any atom is 0.0483 e. The topological polar surface area (TPSA) is 24.9 Å². The van der Waals surface area contributed by atoms with Crippen molar-refractivity contribution in [3.63, 3.8) is 0 Å². The van der Waals surface area contributed by atoms with Crippen LogP contribution in [-0.2, 0) is 9.47 Å². The Kier molecular flexibility index (Phi) is 6.15. The molecule has 28 heavy (non-hydrogen) atoms. The molecular weight excluding hydrogens is 348 g/mol. The zero-order chi connectivity index (χ0) is 19.8. The summed E-state index contributed by atoms with van der Waals surface area (Å²) in [4.78, 5) is 5.54. The summed E-state index contributed by atoms with van der Waals surface area (Å²) in [6.07, 6.45) is 10.4. The van der Waals surface area contributed by atoms with Gasteiger partial charge < -0.3 is 14.4 Å². The first-order chi connectivity index (χ1) is 13.4. The van der Waals surface area contributed by atoms with Crippen molar-refractivity contribution in [3.8, 4) is 0 Å². The van der Waals surface area contributed by atoms with Crippen molar-refractivity contribution in [1.29, 1.82) is 0 Å². The van der Waals surface area contributed by atoms with Crippen molar-refractivity contribution in [2.24, 2.45) is 17.3 Å². The molecule has 0 aromatic rings. The molecule has 4 fully saturated rings. The largest absolute Gasteiger partial charge is 0.381 e. The van der Waals surface area contributed by atoms with E-state index in [9.17, 15) is 0 Å². The van der Waals surface area contributed by atoms with Gasteiger partial charge in [-0.1, -0.05) is 20.8 Å². The Balaban J connectivity index is 1.37. The van der Waals surface area contributed by atoms with Crippen molar-refractivity contribution in [3.05, 3.63) is 0 Å². The van der Waals surface area contributed by atoms with E-state index >= 15 is 0 Å². The van der Waals surface area contributed by atoms with Crippen LogP contribution in [0.1, 0.15) is 72.1 Å². The first-order valence-corrected chi connectivity index (χ1v) is 12.0. The first kappa shape index (κ1) is 21.1. The van der Waals surface area contributed by atoms with Crippen LogP contribution in [0.4, 0.5) is 0 Å². The van der Waals surface area contributed by atoms with E-state index in [0.717, 1.165) is 38.3 Å². The van der Waals surface area contributed by atoms with E-state index in [1.165, 1.54) is 71.0 Å². The molecule has 4 aliphatic rings. The van der Waals surface area contributed by atoms with Gasteiger partial charge in [0.15, 0.2) is 0 Å². The monoisotopic (exact) mass is 392 g/mol. The van der Waals surface area contributed by atoms with Gasteiger partial charge in [-0.25, -0.2) is 0 Å². The lowest BCUT2D eigenvalue weighted by atomic mass is 9.63. The van der Waals surface area contributed by atoms with Gasteiger partial charge >= 0.3 is 0 Å². The normalized spacial score (nSPS) is 33.9. The van der Waals surface area contributed by atoms with Crippen LogP contribution >= 0.6 is 0 Å². The Hall–Kier alpha value is -0.160. The summed E-state index contributed by atoms with van der Waals surface area (Å²) in [5.41, 5.74) is 1.25. The molecule has 0 bridgehead atoms. The van der Waals surface area contributed by atoms with Gasteiger partial charge in [-0.15, -0.1) is 0 Å². The minimum absolute atomic E-state index is 0.395. The van der Waals surface area contributed by atoms with Gasteiger partial charge in [-0.3, -0.25) is 4.90 Å². The number of hydrogen-bond donors (Lipinski definition) is 0. The SMILES string of the molecule is C[C@H]1CCN(CCCC(C)(C)C2CCN(C)C23CCOCC3)C12CCOCC2. The lowest BCUT2D eigenvalue weighted by Gasteiger charge is -2.49. The van der Waals surface area contributed by atoms with E-state index < -0.39 is 0 Å². The molecular formula is C24H44N2O2. The molecule has 4 rings (SSSR count). The average Bonchev–Trinajstić information content (AvgIpc) is 3.16. The summed E-state index contributed by atoms with van der Waals surface area (Å²) in [7, 11) is 2.36. The highest BCUT2D eigenvalue weighted by molar-refractivity contribution is 5.06. The summed E-state index contributed by atoms with van der Waals surface area (Å²) in [5.74, 6) is 1.64. The molecule has 4 heterocycles. The third kappa shape index (κ3) is 3.57. The molecule has 162 valence electrons. The molecule has 0 saturated carbocycles. The van der Waals surface area contributed by atoms with Crippen molar-refractivity contribution in [1.82, 2.24) is 9.80 Å². The van der Waals surface area contributed by atoms with Crippen molar-refractivity contribution >= 4 is 0 Å². The fraction of sp³-hybridized carbons (Fsp3) is 1.00. The third-order valence-electron chi connectivity index (χ3n) is 9.45. The highest BCUT2D eigenvalue weighted by atomic mass is 16.5. The highest BCUT2D eigenvalue weighted by Gasteiger charge is 2.53. The first-order valence-electron chi connectivity index (χ1n) is 12.0. The third-order valence-corrected chi connectivity index (χ3v) is 9.45. The predicted octanol–water partition coefficient (Wildman–Crippen LogP) is 4.18. The quantitative estimate of drug-likeness (QED) is 0.701. The summed E-state index contributed by atoms with van der Waals surface area (Å²) in [6, 6.07) is 0. The highest BCUT2D eigenvalue weighted by Crippen LogP contribution is 2.51. The molecule has 1 unspecified atom stereocenters. The van der Waals surface area contributed by atoms with E-state index in [0.29, 0.717) is 16.5 Å². The Labute approximate surface area is 173 Å². The number of hydrogen-bond acceptors (Lipinski definition) is 4. The van der Waals surface area contributed by atoms with Gasteiger partial charge in [0.05, 0.1) is 0 Å². The van der Waals surface area contributed by atoms with Crippen LogP contribution in [0.15, 0.2) is 0 Å². The molecule has 4 saturated heterocycles. The Morgan fingerprint density at radius 1 is 0.893 bits per heavy atom. The molecule has 0 aromatic carbocycles. The van der Waals surface area contributed by atoms with Crippen molar-refractivity contribution < 1.29 is 9.47 Å². The summed E-state index contributed by atoms with van der Waals surface area (Å²) in [5, 5.41) is 0. The molecule has 0 aromatic heterocycles. The van der Waals surface area contributed by atoms with E-state index in [1.54, 1.807) is 0 Å². The molecule has 4 aliphatic heterocycles. The molecule has 2 spiro atoms. The van der Waals surface area contributed by atoms with Crippen LogP contribution in [0.5, 0.6) is 0 Å². The minimum atomic E-state index is 0.395. The van der Waals surface area contributed by atoms with Gasteiger partial charge in [-0.05, 0) is 95.3 Å². The second-order valence-corrected chi connectivity index (χ2v) is 11.0. The Morgan fingerprint density at radius 2 is 1.50 bits per heavy atom. The molecule has 0 radical (unpaired) electrons. The average molecular weight is 393 g/mol. The lowest BCUT2D eigenvalue weighted by Crippen LogP contribution is -2.54. The van der Waals surface area contributed by atoms with E-state index in [2.05, 4.69) is 37.6 Å². The van der Waals surface area contributed by atoms with Crippen LogP contribution in [0.3, 0.4) is 0 Å². The van der Waals surface area contributed by atoms with Crippen LogP contribution in [0, 0.1) is 17.3 Å². The van der Waals surface area contributed by atoms with Gasteiger partial charge in [0.25, 0.3) is 0 Å². The van der Waals surface area contributed by atoms with Crippen LogP contribution in [-0.4, -0.2) is 74.0 Å². The fourth-order valence-electron chi connectivity index (χ4n) is 7.57. The van der Waals surface area contributed by atoms with Gasteiger partial charge in [0.1, 0.15) is 0 Å². The zero-order valence-electron chi connectivity index (χ0n) is 19.0. The molecule has 2 atom stereocenters. The Morgan fingerprint density at radius 3 is 2.14 bits per heavy atom. The second-order valence-electron chi connectivity index (χ2n) is 11.0. The van der Waals surface area contributed by atoms with E-state index in [1.807, 2.05) is 0 Å². The number of nitrogens with zero attached hydrogens (tertiary/aromatic N) is 2. The number of likely N-dealkylation sites (tertiary alicyclic amines) is 2. The Bertz CT molecular complexity index is 523. The smallest absolute Gasteiger partial charge is 0.0483 e. The molecule has 4 heteroatoms. The van der Waals surface area contributed by atoms with Crippen LogP contribution in [0.2, 0.25) is 0 Å². The van der Waals surface area contributed by atoms with Crippen LogP contribution < -0.4 is 0 Å². The molecule has 0 amide bonds. The second kappa shape index (κ2) is 8.17. The van der Waals surface area contributed by atoms with Gasteiger partial charge in [0, 0.05) is 37.5 Å². The van der Waals surface area contributed by atoms with Crippen molar-refractivity contribution in [2.45, 2.75) is 83.2 Å². The summed E-state index contributed by atoms with van der Waals surface area (Å²) >= 11 is 0. The van der Waals surface area contributed by atoms with Gasteiger partial charge in [-0.2, -0.15) is 0 Å². The fourth-order valence-corrected chi connectivity index (χ4v) is 7.57. The number of rotatable bonds is 5. The lowest BCUT2D eigenvalue weighted by molar-refractivity contribution is -0.0488. The molecule has 0 aliphatic carbocycles. The van der Waals surface area contributed by atoms with E-state index in [-0.39, 0.29) is 0 Å². The molecule has 4 nitrogen and oxygen atoms in total. The van der Waals surface area contributed by atoms with Crippen LogP contribution in [0.25, 0.3) is 0 Å². The maximum atomic E-state index is 5.74.